The predicted octanol–water partition coefficient (Wildman–Crippen LogP) is 1.44. The molecule has 0 spiro atoms. The SMILES string of the molecule is O=C(CSC1NC(=O)CC(CC(=O)NC2CC2)N1)Nc1ccc(Cl)cc1. The van der Waals surface area contributed by atoms with Crippen LogP contribution in [0, 0.1) is 0 Å². The summed E-state index contributed by atoms with van der Waals surface area (Å²) in [5.41, 5.74) is 0.265. The molecule has 140 valence electrons. The minimum Gasteiger partial charge on any atom is -0.353 e. The molecule has 1 saturated heterocycles. The average Bonchev–Trinajstić information content (AvgIpc) is 3.38. The maximum Gasteiger partial charge on any atom is 0.234 e. The Bertz CT molecular complexity index is 681. The van der Waals surface area contributed by atoms with E-state index < -0.39 is 5.50 Å². The lowest BCUT2D eigenvalue weighted by Gasteiger charge is -2.30. The molecule has 2 atom stereocenters. The van der Waals surface area contributed by atoms with Crippen LogP contribution in [-0.2, 0) is 14.4 Å². The van der Waals surface area contributed by atoms with Gasteiger partial charge < -0.3 is 16.0 Å². The Labute approximate surface area is 161 Å². The second kappa shape index (κ2) is 8.75. The van der Waals surface area contributed by atoms with Gasteiger partial charge in [0.25, 0.3) is 0 Å². The average molecular weight is 397 g/mol. The molecule has 7 nitrogen and oxygen atoms in total. The fourth-order valence-corrected chi connectivity index (χ4v) is 3.61. The van der Waals surface area contributed by atoms with E-state index in [0.717, 1.165) is 12.8 Å². The molecule has 1 aliphatic heterocycles. The Morgan fingerprint density at radius 3 is 2.62 bits per heavy atom. The van der Waals surface area contributed by atoms with Crippen molar-refractivity contribution in [2.75, 3.05) is 11.1 Å². The molecule has 26 heavy (non-hydrogen) atoms. The van der Waals surface area contributed by atoms with Crippen molar-refractivity contribution in [3.05, 3.63) is 29.3 Å². The van der Waals surface area contributed by atoms with Gasteiger partial charge in [0.05, 0.1) is 5.75 Å². The minimum absolute atomic E-state index is 0.0380. The fourth-order valence-electron chi connectivity index (χ4n) is 2.59. The summed E-state index contributed by atoms with van der Waals surface area (Å²) in [7, 11) is 0. The van der Waals surface area contributed by atoms with Crippen molar-refractivity contribution in [1.29, 1.82) is 0 Å². The van der Waals surface area contributed by atoms with Crippen molar-refractivity contribution in [2.45, 2.75) is 43.3 Å². The molecule has 2 aliphatic rings. The summed E-state index contributed by atoms with van der Waals surface area (Å²) in [4.78, 5) is 35.8. The van der Waals surface area contributed by atoms with E-state index in [9.17, 15) is 14.4 Å². The number of hydrogen-bond donors (Lipinski definition) is 4. The molecule has 1 heterocycles. The van der Waals surface area contributed by atoms with E-state index in [1.54, 1.807) is 24.3 Å². The molecule has 2 unspecified atom stereocenters. The van der Waals surface area contributed by atoms with Crippen LogP contribution >= 0.6 is 23.4 Å². The summed E-state index contributed by atoms with van der Waals surface area (Å²) in [6, 6.07) is 6.93. The normalized spacial score (nSPS) is 22.4. The summed E-state index contributed by atoms with van der Waals surface area (Å²) >= 11 is 7.09. The van der Waals surface area contributed by atoms with E-state index in [1.807, 2.05) is 0 Å². The first kappa shape index (κ1) is 19.0. The Kier molecular flexibility index (Phi) is 6.39. The molecule has 1 aliphatic carbocycles. The molecular formula is C17H21ClN4O3S. The molecule has 9 heteroatoms. The van der Waals surface area contributed by atoms with Crippen molar-refractivity contribution < 1.29 is 14.4 Å². The van der Waals surface area contributed by atoms with Crippen LogP contribution in [0.3, 0.4) is 0 Å². The number of benzene rings is 1. The van der Waals surface area contributed by atoms with Crippen molar-refractivity contribution in [2.24, 2.45) is 0 Å². The lowest BCUT2D eigenvalue weighted by molar-refractivity contribution is -0.125. The Morgan fingerprint density at radius 1 is 1.19 bits per heavy atom. The van der Waals surface area contributed by atoms with Gasteiger partial charge in [0.15, 0.2) is 0 Å². The van der Waals surface area contributed by atoms with Crippen molar-refractivity contribution in [3.8, 4) is 0 Å². The third-order valence-corrected chi connectivity index (χ3v) is 5.26. The van der Waals surface area contributed by atoms with E-state index >= 15 is 0 Å². The molecular weight excluding hydrogens is 376 g/mol. The smallest absolute Gasteiger partial charge is 0.234 e. The molecule has 2 fully saturated rings. The highest BCUT2D eigenvalue weighted by Gasteiger charge is 2.30. The second-order valence-electron chi connectivity index (χ2n) is 6.43. The minimum atomic E-state index is -0.397. The quantitative estimate of drug-likeness (QED) is 0.559. The molecule has 1 aromatic carbocycles. The van der Waals surface area contributed by atoms with Crippen molar-refractivity contribution in [1.82, 2.24) is 16.0 Å². The number of carbonyl (C=O) groups is 3. The van der Waals surface area contributed by atoms with Gasteiger partial charge in [0.1, 0.15) is 5.50 Å². The van der Waals surface area contributed by atoms with E-state index in [2.05, 4.69) is 21.3 Å². The molecule has 1 saturated carbocycles. The molecule has 1 aromatic rings. The van der Waals surface area contributed by atoms with Crippen LogP contribution in [0.15, 0.2) is 24.3 Å². The zero-order chi connectivity index (χ0) is 18.5. The van der Waals surface area contributed by atoms with Crippen LogP contribution in [0.25, 0.3) is 0 Å². The third kappa shape index (κ3) is 6.19. The highest BCUT2D eigenvalue weighted by molar-refractivity contribution is 8.00. The van der Waals surface area contributed by atoms with Gasteiger partial charge in [-0.25, -0.2) is 0 Å². The Hall–Kier alpha value is -1.77. The van der Waals surface area contributed by atoms with E-state index in [-0.39, 0.29) is 42.4 Å². The zero-order valence-electron chi connectivity index (χ0n) is 14.1. The van der Waals surface area contributed by atoms with Gasteiger partial charge >= 0.3 is 0 Å². The summed E-state index contributed by atoms with van der Waals surface area (Å²) in [5, 5.41) is 12.3. The van der Waals surface area contributed by atoms with Gasteiger partial charge in [-0.3, -0.25) is 19.7 Å². The van der Waals surface area contributed by atoms with Gasteiger partial charge in [-0.15, -0.1) is 11.8 Å². The van der Waals surface area contributed by atoms with Gasteiger partial charge in [-0.2, -0.15) is 0 Å². The summed E-state index contributed by atoms with van der Waals surface area (Å²) in [5.74, 6) is -0.170. The highest BCUT2D eigenvalue weighted by atomic mass is 35.5. The van der Waals surface area contributed by atoms with Crippen LogP contribution < -0.4 is 21.3 Å². The molecule has 3 amide bonds. The number of hydrogen-bond acceptors (Lipinski definition) is 5. The number of thioether (sulfide) groups is 1. The lowest BCUT2D eigenvalue weighted by atomic mass is 10.1. The second-order valence-corrected chi connectivity index (χ2v) is 7.96. The zero-order valence-corrected chi connectivity index (χ0v) is 15.7. The third-order valence-electron chi connectivity index (χ3n) is 3.99. The van der Waals surface area contributed by atoms with E-state index in [4.69, 9.17) is 11.6 Å². The van der Waals surface area contributed by atoms with Crippen LogP contribution in [0.4, 0.5) is 5.69 Å². The van der Waals surface area contributed by atoms with Gasteiger partial charge in [0.2, 0.25) is 17.7 Å². The fraction of sp³-hybridized carbons (Fsp3) is 0.471. The van der Waals surface area contributed by atoms with Crippen molar-refractivity contribution in [3.63, 3.8) is 0 Å². The van der Waals surface area contributed by atoms with E-state index in [0.29, 0.717) is 16.8 Å². The largest absolute Gasteiger partial charge is 0.353 e. The van der Waals surface area contributed by atoms with E-state index in [1.165, 1.54) is 11.8 Å². The number of nitrogens with one attached hydrogen (secondary N) is 4. The Morgan fingerprint density at radius 2 is 1.92 bits per heavy atom. The first-order chi connectivity index (χ1) is 12.5. The Balaban J connectivity index is 1.42. The van der Waals surface area contributed by atoms with Gasteiger partial charge in [0, 0.05) is 35.6 Å². The van der Waals surface area contributed by atoms with Crippen molar-refractivity contribution >= 4 is 46.8 Å². The topological polar surface area (TPSA) is 99.3 Å². The molecule has 4 N–H and O–H groups in total. The predicted molar refractivity (Wildman–Crippen MR) is 102 cm³/mol. The molecule has 0 radical (unpaired) electrons. The van der Waals surface area contributed by atoms with Gasteiger partial charge in [-0.05, 0) is 37.1 Å². The standard InChI is InChI=1S/C17H21ClN4O3S/c18-10-1-3-11(4-2-10)20-16(25)9-26-17-21-13(8-15(24)22-17)7-14(23)19-12-5-6-12/h1-4,12-13,17,21H,5-9H2,(H,19,23)(H,20,25)(H,22,24). The lowest BCUT2D eigenvalue weighted by Crippen LogP contribution is -2.56. The van der Waals surface area contributed by atoms with Crippen LogP contribution in [0.5, 0.6) is 0 Å². The first-order valence-corrected chi connectivity index (χ1v) is 9.92. The maximum atomic E-state index is 12.0. The number of carbonyl (C=O) groups excluding carboxylic acids is 3. The summed E-state index contributed by atoms with van der Waals surface area (Å²) in [6.07, 6.45) is 2.58. The first-order valence-electron chi connectivity index (χ1n) is 8.50. The summed E-state index contributed by atoms with van der Waals surface area (Å²) in [6.45, 7) is 0. The monoisotopic (exact) mass is 396 g/mol. The molecule has 0 bridgehead atoms. The van der Waals surface area contributed by atoms with Gasteiger partial charge in [-0.1, -0.05) is 11.6 Å². The number of halogens is 1. The van der Waals surface area contributed by atoms with Crippen LogP contribution in [0.2, 0.25) is 5.02 Å². The molecule has 3 rings (SSSR count). The highest BCUT2D eigenvalue weighted by Crippen LogP contribution is 2.20. The van der Waals surface area contributed by atoms with Crippen LogP contribution in [-0.4, -0.2) is 41.1 Å². The van der Waals surface area contributed by atoms with Crippen LogP contribution in [0.1, 0.15) is 25.7 Å². The maximum absolute atomic E-state index is 12.0. The molecule has 0 aromatic heterocycles. The number of rotatable bonds is 7. The number of amides is 3. The summed E-state index contributed by atoms with van der Waals surface area (Å²) < 4.78 is 0. The number of anilines is 1.